The fourth-order valence-electron chi connectivity index (χ4n) is 6.17. The van der Waals surface area contributed by atoms with Gasteiger partial charge in [0.2, 0.25) is 0 Å². The molecular weight excluding hydrogens is 668 g/mol. The monoisotopic (exact) mass is 734 g/mol. The van der Waals surface area contributed by atoms with Gasteiger partial charge in [0.05, 0.1) is 30.7 Å². The molecule has 0 radical (unpaired) electrons. The van der Waals surface area contributed by atoms with Crippen LogP contribution in [0.25, 0.3) is 0 Å². The first kappa shape index (κ1) is 44.9. The third-order valence-corrected chi connectivity index (χ3v) is 9.80. The van der Waals surface area contributed by atoms with Gasteiger partial charge in [0.15, 0.2) is 0 Å². The number of hydrogen-bond donors (Lipinski definition) is 1. The molecule has 0 heterocycles. The second kappa shape index (κ2) is 26.5. The summed E-state index contributed by atoms with van der Waals surface area (Å²) in [6.07, 6.45) is 23.5. The van der Waals surface area contributed by atoms with Crippen LogP contribution in [0.2, 0.25) is 0 Å². The molecule has 3 aliphatic rings. The smallest absolute Gasteiger partial charge is 0.312 e. The van der Waals surface area contributed by atoms with Gasteiger partial charge in [-0.05, 0) is 89.4 Å². The summed E-state index contributed by atoms with van der Waals surface area (Å²) in [7, 11) is 0. The number of rotatable bonds is 32. The molecule has 3 fully saturated rings. The summed E-state index contributed by atoms with van der Waals surface area (Å²) < 4.78 is 27.0. The summed E-state index contributed by atoms with van der Waals surface area (Å²) in [6, 6.07) is 0. The molecule has 0 aromatic carbocycles. The van der Waals surface area contributed by atoms with E-state index in [2.05, 4.69) is 26.0 Å². The van der Waals surface area contributed by atoms with Crippen LogP contribution in [0, 0.1) is 16.7 Å². The number of esters is 5. The SMILES string of the molecule is CCCCC/C=C\CCOC(=O)CCCCC(=O)OCC(CO)(COC(=O)CCCCC(=O)OCC/C=C\CCCCC)COC(=O)C12CC(C1)C2. The van der Waals surface area contributed by atoms with Gasteiger partial charge in [0.25, 0.3) is 0 Å². The molecule has 3 rings (SSSR count). The Morgan fingerprint density at radius 3 is 1.31 bits per heavy atom. The van der Waals surface area contributed by atoms with Gasteiger partial charge < -0.3 is 28.8 Å². The molecule has 0 aromatic heterocycles. The first-order valence-electron chi connectivity index (χ1n) is 19.9. The molecule has 0 aliphatic heterocycles. The first-order chi connectivity index (χ1) is 25.2. The normalized spacial score (nSPS) is 17.7. The Bertz CT molecular complexity index is 1050. The summed E-state index contributed by atoms with van der Waals surface area (Å²) >= 11 is 0. The Morgan fingerprint density at radius 2 is 0.942 bits per heavy atom. The van der Waals surface area contributed by atoms with Gasteiger partial charge in [0, 0.05) is 25.7 Å². The van der Waals surface area contributed by atoms with Crippen molar-refractivity contribution in [2.24, 2.45) is 16.7 Å². The zero-order valence-electron chi connectivity index (χ0n) is 32.0. The van der Waals surface area contributed by atoms with Crippen molar-refractivity contribution in [3.05, 3.63) is 24.3 Å². The fourth-order valence-corrected chi connectivity index (χ4v) is 6.17. The lowest BCUT2D eigenvalue weighted by atomic mass is 9.44. The lowest BCUT2D eigenvalue weighted by Crippen LogP contribution is -2.58. The minimum absolute atomic E-state index is 0.0531. The summed E-state index contributed by atoms with van der Waals surface area (Å²) in [4.78, 5) is 62.0. The molecule has 3 aliphatic carbocycles. The number of carbonyl (C=O) groups excluding carboxylic acids is 5. The minimum Gasteiger partial charge on any atom is -0.465 e. The highest BCUT2D eigenvalue weighted by Gasteiger charge is 2.62. The van der Waals surface area contributed by atoms with Crippen LogP contribution in [0.5, 0.6) is 0 Å². The van der Waals surface area contributed by atoms with Crippen molar-refractivity contribution < 1.29 is 52.8 Å². The molecule has 2 bridgehead atoms. The van der Waals surface area contributed by atoms with Crippen molar-refractivity contribution >= 4 is 29.8 Å². The maximum absolute atomic E-state index is 12.8. The minimum atomic E-state index is -1.33. The molecule has 11 heteroatoms. The summed E-state index contributed by atoms with van der Waals surface area (Å²) in [5, 5.41) is 10.4. The van der Waals surface area contributed by atoms with E-state index in [1.165, 1.54) is 25.7 Å². The average Bonchev–Trinajstić information content (AvgIpc) is 3.09. The van der Waals surface area contributed by atoms with E-state index >= 15 is 0 Å². The Morgan fingerprint density at radius 1 is 0.558 bits per heavy atom. The predicted octanol–water partition coefficient (Wildman–Crippen LogP) is 7.66. The van der Waals surface area contributed by atoms with Crippen LogP contribution < -0.4 is 0 Å². The third kappa shape index (κ3) is 18.5. The zero-order chi connectivity index (χ0) is 37.9. The molecule has 0 saturated heterocycles. The Labute approximate surface area is 311 Å². The molecule has 0 amide bonds. The molecule has 52 heavy (non-hydrogen) atoms. The highest BCUT2D eigenvalue weighted by molar-refractivity contribution is 5.80. The van der Waals surface area contributed by atoms with Crippen molar-refractivity contribution in [2.75, 3.05) is 39.6 Å². The Kier molecular flexibility index (Phi) is 22.9. The van der Waals surface area contributed by atoms with E-state index in [9.17, 15) is 29.1 Å². The van der Waals surface area contributed by atoms with Crippen molar-refractivity contribution in [2.45, 2.75) is 149 Å². The van der Waals surface area contributed by atoms with E-state index in [0.717, 1.165) is 44.9 Å². The molecular formula is C41H66O11. The lowest BCUT2D eigenvalue weighted by molar-refractivity contribution is -0.198. The van der Waals surface area contributed by atoms with Crippen molar-refractivity contribution in [3.63, 3.8) is 0 Å². The molecule has 0 unspecified atom stereocenters. The average molecular weight is 735 g/mol. The second-order valence-corrected chi connectivity index (χ2v) is 14.7. The van der Waals surface area contributed by atoms with Crippen LogP contribution in [0.1, 0.15) is 149 Å². The Balaban J connectivity index is 1.69. The molecule has 11 nitrogen and oxygen atoms in total. The number of carbonyl (C=O) groups is 5. The van der Waals surface area contributed by atoms with Crippen molar-refractivity contribution in [3.8, 4) is 0 Å². The van der Waals surface area contributed by atoms with E-state index in [1.54, 1.807) is 0 Å². The van der Waals surface area contributed by atoms with E-state index in [0.29, 0.717) is 57.7 Å². The van der Waals surface area contributed by atoms with Gasteiger partial charge in [-0.15, -0.1) is 0 Å². The third-order valence-electron chi connectivity index (χ3n) is 9.80. The van der Waals surface area contributed by atoms with E-state index in [4.69, 9.17) is 23.7 Å². The summed E-state index contributed by atoms with van der Waals surface area (Å²) in [5.41, 5.74) is -1.77. The van der Waals surface area contributed by atoms with E-state index in [-0.39, 0.29) is 63.4 Å². The van der Waals surface area contributed by atoms with Gasteiger partial charge in [0.1, 0.15) is 19.8 Å². The first-order valence-corrected chi connectivity index (χ1v) is 19.9. The quantitative estimate of drug-likeness (QED) is 0.0314. The topological polar surface area (TPSA) is 152 Å². The number of aliphatic hydroxyl groups is 1. The summed E-state index contributed by atoms with van der Waals surface area (Å²) in [6.45, 7) is 3.55. The molecule has 3 saturated carbocycles. The molecule has 0 atom stereocenters. The zero-order valence-corrected chi connectivity index (χ0v) is 32.0. The van der Waals surface area contributed by atoms with Crippen molar-refractivity contribution in [1.29, 1.82) is 0 Å². The molecule has 0 aromatic rings. The largest absolute Gasteiger partial charge is 0.465 e. The highest BCUT2D eigenvalue weighted by Crippen LogP contribution is 2.64. The highest BCUT2D eigenvalue weighted by atomic mass is 16.6. The van der Waals surface area contributed by atoms with Gasteiger partial charge in [-0.25, -0.2) is 0 Å². The molecule has 0 spiro atoms. The maximum atomic E-state index is 12.8. The van der Waals surface area contributed by atoms with Crippen molar-refractivity contribution in [1.82, 2.24) is 0 Å². The van der Waals surface area contributed by atoms with E-state index < -0.39 is 29.4 Å². The second-order valence-electron chi connectivity index (χ2n) is 14.7. The summed E-state index contributed by atoms with van der Waals surface area (Å²) in [5.74, 6) is -1.45. The predicted molar refractivity (Wildman–Crippen MR) is 197 cm³/mol. The van der Waals surface area contributed by atoms with Crippen LogP contribution in [-0.4, -0.2) is 74.6 Å². The molecule has 1 N–H and O–H groups in total. The van der Waals surface area contributed by atoms with Crippen LogP contribution in [-0.2, 0) is 47.7 Å². The van der Waals surface area contributed by atoms with Gasteiger partial charge >= 0.3 is 29.8 Å². The lowest BCUT2D eigenvalue weighted by Gasteiger charge is -2.59. The van der Waals surface area contributed by atoms with Gasteiger partial charge in [-0.3, -0.25) is 24.0 Å². The van der Waals surface area contributed by atoms with Crippen LogP contribution in [0.15, 0.2) is 24.3 Å². The Hall–Kier alpha value is -3.21. The number of ether oxygens (including phenoxy) is 5. The van der Waals surface area contributed by atoms with Gasteiger partial charge in [-0.1, -0.05) is 63.8 Å². The number of allylic oxidation sites excluding steroid dienone is 2. The van der Waals surface area contributed by atoms with E-state index in [1.807, 2.05) is 12.2 Å². The standard InChI is InChI=1S/C41H66O11/c1-3-5-7-9-11-13-19-25-48-35(43)21-15-17-23-37(45)50-31-40(30-42,33-52-39(47)41-27-34(28-41)29-41)32-51-38(46)24-18-16-22-36(44)49-26-20-14-12-10-8-6-4-2/h11-14,34,42H,3-10,15-33H2,1-2H3/b13-11-,14-12-. The fraction of sp³-hybridized carbons (Fsp3) is 0.780. The number of unbranched alkanes of at least 4 members (excludes halogenated alkanes) is 8. The number of aliphatic hydroxyl groups excluding tert-OH is 1. The molecule has 296 valence electrons. The maximum Gasteiger partial charge on any atom is 0.312 e. The van der Waals surface area contributed by atoms with Gasteiger partial charge in [-0.2, -0.15) is 0 Å². The number of hydrogen-bond acceptors (Lipinski definition) is 11. The van der Waals surface area contributed by atoms with Crippen LogP contribution >= 0.6 is 0 Å². The van der Waals surface area contributed by atoms with Crippen LogP contribution in [0.4, 0.5) is 0 Å². The van der Waals surface area contributed by atoms with Crippen LogP contribution in [0.3, 0.4) is 0 Å².